The summed E-state index contributed by atoms with van der Waals surface area (Å²) in [6.45, 7) is 3.92. The molecule has 0 atom stereocenters. The SMILES string of the molecule is Cc1ccc(-c2ccc(-c3ccc(C)nn3)cc2)cn1. The summed E-state index contributed by atoms with van der Waals surface area (Å²) < 4.78 is 0. The lowest BCUT2D eigenvalue weighted by atomic mass is 10.0. The summed E-state index contributed by atoms with van der Waals surface area (Å²) in [5, 5.41) is 8.29. The van der Waals surface area contributed by atoms with Crippen LogP contribution in [0.2, 0.25) is 0 Å². The van der Waals surface area contributed by atoms with E-state index < -0.39 is 0 Å². The molecule has 2 aromatic heterocycles. The Morgan fingerprint density at radius 2 is 1.25 bits per heavy atom. The molecule has 0 saturated heterocycles. The highest BCUT2D eigenvalue weighted by Crippen LogP contribution is 2.23. The summed E-state index contributed by atoms with van der Waals surface area (Å²) in [6.07, 6.45) is 1.90. The molecule has 3 aromatic rings. The van der Waals surface area contributed by atoms with Crippen LogP contribution in [0.5, 0.6) is 0 Å². The van der Waals surface area contributed by atoms with Crippen molar-refractivity contribution < 1.29 is 0 Å². The molecule has 20 heavy (non-hydrogen) atoms. The van der Waals surface area contributed by atoms with Crippen molar-refractivity contribution in [3.05, 3.63) is 66.1 Å². The average molecular weight is 261 g/mol. The highest BCUT2D eigenvalue weighted by atomic mass is 15.1. The third-order valence-corrected chi connectivity index (χ3v) is 3.22. The third kappa shape index (κ3) is 2.57. The number of benzene rings is 1. The van der Waals surface area contributed by atoms with Gasteiger partial charge in [-0.3, -0.25) is 4.98 Å². The van der Waals surface area contributed by atoms with Gasteiger partial charge in [-0.05, 0) is 37.6 Å². The first kappa shape index (κ1) is 12.5. The molecule has 3 heteroatoms. The Hall–Kier alpha value is -2.55. The zero-order chi connectivity index (χ0) is 13.9. The molecule has 0 aliphatic heterocycles. The maximum absolute atomic E-state index is 4.32. The second kappa shape index (κ2) is 5.21. The molecule has 0 amide bonds. The standard InChI is InChI=1S/C17H15N3/c1-12-3-5-16(11-18-12)14-6-8-15(9-7-14)17-10-4-13(2)19-20-17/h3-11H,1-2H3. The highest BCUT2D eigenvalue weighted by molar-refractivity contribution is 5.68. The Morgan fingerprint density at radius 1 is 0.600 bits per heavy atom. The first-order valence-electron chi connectivity index (χ1n) is 6.56. The molecule has 1 aromatic carbocycles. The lowest BCUT2D eigenvalue weighted by Crippen LogP contribution is -1.89. The maximum atomic E-state index is 4.32. The number of pyridine rings is 1. The fraction of sp³-hybridized carbons (Fsp3) is 0.118. The van der Waals surface area contributed by atoms with Crippen molar-refractivity contribution in [1.29, 1.82) is 0 Å². The van der Waals surface area contributed by atoms with Crippen molar-refractivity contribution in [2.24, 2.45) is 0 Å². The molecule has 0 radical (unpaired) electrons. The van der Waals surface area contributed by atoms with Crippen molar-refractivity contribution in [3.63, 3.8) is 0 Å². The van der Waals surface area contributed by atoms with E-state index in [-0.39, 0.29) is 0 Å². The van der Waals surface area contributed by atoms with Gasteiger partial charge in [0.15, 0.2) is 0 Å². The van der Waals surface area contributed by atoms with Crippen LogP contribution < -0.4 is 0 Å². The molecule has 0 spiro atoms. The monoisotopic (exact) mass is 261 g/mol. The average Bonchev–Trinajstić information content (AvgIpc) is 2.49. The number of hydrogen-bond acceptors (Lipinski definition) is 3. The van der Waals surface area contributed by atoms with E-state index in [0.29, 0.717) is 0 Å². The van der Waals surface area contributed by atoms with Crippen molar-refractivity contribution >= 4 is 0 Å². The normalized spacial score (nSPS) is 10.5. The van der Waals surface area contributed by atoms with Crippen LogP contribution in [0.4, 0.5) is 0 Å². The van der Waals surface area contributed by atoms with E-state index in [2.05, 4.69) is 45.5 Å². The summed E-state index contributed by atoms with van der Waals surface area (Å²) in [6, 6.07) is 16.4. The van der Waals surface area contributed by atoms with Gasteiger partial charge in [0, 0.05) is 23.0 Å². The fourth-order valence-corrected chi connectivity index (χ4v) is 2.02. The van der Waals surface area contributed by atoms with Crippen molar-refractivity contribution in [2.75, 3.05) is 0 Å². The molecule has 0 aliphatic carbocycles. The molecule has 0 unspecified atom stereocenters. The van der Waals surface area contributed by atoms with Crippen molar-refractivity contribution in [2.45, 2.75) is 13.8 Å². The van der Waals surface area contributed by atoms with E-state index in [4.69, 9.17) is 0 Å². The van der Waals surface area contributed by atoms with Gasteiger partial charge < -0.3 is 0 Å². The molecule has 0 aliphatic rings. The van der Waals surface area contributed by atoms with Crippen LogP contribution >= 0.6 is 0 Å². The van der Waals surface area contributed by atoms with Crippen molar-refractivity contribution in [3.8, 4) is 22.4 Å². The molecule has 0 N–H and O–H groups in total. The minimum absolute atomic E-state index is 0.893. The Bertz CT molecular complexity index is 634. The predicted octanol–water partition coefficient (Wildman–Crippen LogP) is 3.82. The third-order valence-electron chi connectivity index (χ3n) is 3.22. The summed E-state index contributed by atoms with van der Waals surface area (Å²) >= 11 is 0. The molecule has 98 valence electrons. The van der Waals surface area contributed by atoms with Crippen LogP contribution in [-0.4, -0.2) is 15.2 Å². The van der Waals surface area contributed by atoms with Gasteiger partial charge in [0.2, 0.25) is 0 Å². The van der Waals surface area contributed by atoms with E-state index in [1.165, 1.54) is 0 Å². The minimum Gasteiger partial charge on any atom is -0.261 e. The van der Waals surface area contributed by atoms with Gasteiger partial charge in [-0.25, -0.2) is 0 Å². The van der Waals surface area contributed by atoms with Gasteiger partial charge in [0.05, 0.1) is 11.4 Å². The Morgan fingerprint density at radius 3 is 1.85 bits per heavy atom. The second-order valence-corrected chi connectivity index (χ2v) is 4.83. The molecular weight excluding hydrogens is 246 g/mol. The van der Waals surface area contributed by atoms with Crippen LogP contribution in [0, 0.1) is 13.8 Å². The van der Waals surface area contributed by atoms with Gasteiger partial charge in [-0.15, -0.1) is 0 Å². The highest BCUT2D eigenvalue weighted by Gasteiger charge is 2.02. The van der Waals surface area contributed by atoms with Crippen LogP contribution in [0.25, 0.3) is 22.4 Å². The van der Waals surface area contributed by atoms with E-state index >= 15 is 0 Å². The van der Waals surface area contributed by atoms with Gasteiger partial charge in [0.25, 0.3) is 0 Å². The molecule has 2 heterocycles. The number of hydrogen-bond donors (Lipinski definition) is 0. The van der Waals surface area contributed by atoms with Crippen LogP contribution in [0.15, 0.2) is 54.7 Å². The first-order valence-corrected chi connectivity index (χ1v) is 6.56. The van der Waals surface area contributed by atoms with Crippen LogP contribution in [-0.2, 0) is 0 Å². The topological polar surface area (TPSA) is 38.7 Å². The predicted molar refractivity (Wildman–Crippen MR) is 80.2 cm³/mol. The fourth-order valence-electron chi connectivity index (χ4n) is 2.02. The lowest BCUT2D eigenvalue weighted by Gasteiger charge is -2.04. The van der Waals surface area contributed by atoms with Gasteiger partial charge >= 0.3 is 0 Å². The van der Waals surface area contributed by atoms with E-state index in [0.717, 1.165) is 33.8 Å². The quantitative estimate of drug-likeness (QED) is 0.704. The zero-order valence-corrected chi connectivity index (χ0v) is 11.5. The molecule has 3 rings (SSSR count). The van der Waals surface area contributed by atoms with Gasteiger partial charge in [-0.2, -0.15) is 10.2 Å². The van der Waals surface area contributed by atoms with E-state index in [1.54, 1.807) is 0 Å². The zero-order valence-electron chi connectivity index (χ0n) is 11.5. The molecule has 0 fully saturated rings. The number of rotatable bonds is 2. The molecule has 0 bridgehead atoms. The van der Waals surface area contributed by atoms with Gasteiger partial charge in [-0.1, -0.05) is 30.3 Å². The van der Waals surface area contributed by atoms with Crippen LogP contribution in [0.1, 0.15) is 11.4 Å². The lowest BCUT2D eigenvalue weighted by molar-refractivity contribution is 0.987. The van der Waals surface area contributed by atoms with Gasteiger partial charge in [0.1, 0.15) is 0 Å². The summed E-state index contributed by atoms with van der Waals surface area (Å²) in [5.41, 5.74) is 6.19. The Balaban J connectivity index is 1.91. The Kier molecular flexibility index (Phi) is 3.25. The van der Waals surface area contributed by atoms with E-state index in [9.17, 15) is 0 Å². The van der Waals surface area contributed by atoms with Crippen molar-refractivity contribution in [1.82, 2.24) is 15.2 Å². The summed E-state index contributed by atoms with van der Waals surface area (Å²) in [5.74, 6) is 0. The Labute approximate surface area is 118 Å². The number of aryl methyl sites for hydroxylation is 2. The second-order valence-electron chi connectivity index (χ2n) is 4.83. The summed E-state index contributed by atoms with van der Waals surface area (Å²) in [4.78, 5) is 4.32. The number of nitrogens with zero attached hydrogens (tertiary/aromatic N) is 3. The molecule has 0 saturated carbocycles. The minimum atomic E-state index is 0.893. The molecular formula is C17H15N3. The first-order chi connectivity index (χ1) is 9.72. The summed E-state index contributed by atoms with van der Waals surface area (Å²) in [7, 11) is 0. The van der Waals surface area contributed by atoms with E-state index in [1.807, 2.05) is 38.2 Å². The largest absolute Gasteiger partial charge is 0.261 e. The number of aromatic nitrogens is 3. The van der Waals surface area contributed by atoms with Crippen LogP contribution in [0.3, 0.4) is 0 Å². The smallest absolute Gasteiger partial charge is 0.0929 e. The maximum Gasteiger partial charge on any atom is 0.0929 e. The molecule has 3 nitrogen and oxygen atoms in total.